The van der Waals surface area contributed by atoms with Crippen molar-refractivity contribution in [2.24, 2.45) is 0 Å². The van der Waals surface area contributed by atoms with Gasteiger partial charge in [-0.25, -0.2) is 0 Å². The molecule has 1 fully saturated rings. The summed E-state index contributed by atoms with van der Waals surface area (Å²) < 4.78 is 1.09. The van der Waals surface area contributed by atoms with Gasteiger partial charge in [-0.1, -0.05) is 11.3 Å². The molecule has 3 rings (SSSR count). The van der Waals surface area contributed by atoms with Gasteiger partial charge in [0.1, 0.15) is 11.6 Å². The van der Waals surface area contributed by atoms with Gasteiger partial charge in [0.15, 0.2) is 0 Å². The van der Waals surface area contributed by atoms with Crippen molar-refractivity contribution in [1.82, 2.24) is 19.9 Å². The van der Waals surface area contributed by atoms with Crippen LogP contribution in [0.3, 0.4) is 0 Å². The average molecular weight is 286 g/mol. The normalized spacial score (nSPS) is 19.3. The number of aryl methyl sites for hydroxylation is 1. The summed E-state index contributed by atoms with van der Waals surface area (Å²) >= 11 is 0. The molecule has 0 N–H and O–H groups in total. The van der Waals surface area contributed by atoms with Crippen LogP contribution in [0.5, 0.6) is 0 Å². The first-order valence-electron chi connectivity index (χ1n) is 6.65. The number of benzene rings is 1. The molecule has 1 aliphatic rings. The number of piperidine rings is 1. The summed E-state index contributed by atoms with van der Waals surface area (Å²) in [5.41, 5.74) is 1.12. The van der Waals surface area contributed by atoms with Crippen LogP contribution < -0.4 is 5.56 Å². The highest BCUT2D eigenvalue weighted by atomic mass is 16.2. The number of likely N-dealkylation sites (N-methyl/N-ethyl adjacent to an activating group) is 1. The second kappa shape index (κ2) is 4.76. The first kappa shape index (κ1) is 13.4. The minimum Gasteiger partial charge on any atom is -0.284 e. The number of imide groups is 1. The Bertz CT molecular complexity index is 811. The number of fused-ring (bicyclic) bond motifs is 1. The number of likely N-dealkylation sites (tertiary alicyclic amines) is 1. The highest BCUT2D eigenvalue weighted by Gasteiger charge is 2.34. The summed E-state index contributed by atoms with van der Waals surface area (Å²) in [4.78, 5) is 37.2. The summed E-state index contributed by atoms with van der Waals surface area (Å²) in [5.74, 6) is -0.664. The molecule has 0 aliphatic carbocycles. The monoisotopic (exact) mass is 286 g/mol. The number of hydrogen-bond acceptors (Lipinski definition) is 5. The predicted molar refractivity (Wildman–Crippen MR) is 74.6 cm³/mol. The fourth-order valence-corrected chi connectivity index (χ4v) is 2.49. The van der Waals surface area contributed by atoms with Gasteiger partial charge in [-0.2, -0.15) is 4.68 Å². The third kappa shape index (κ3) is 2.10. The number of carbonyl (C=O) groups excluding carboxylic acids is 2. The van der Waals surface area contributed by atoms with Crippen molar-refractivity contribution in [2.45, 2.75) is 25.8 Å². The fourth-order valence-electron chi connectivity index (χ4n) is 2.49. The molecule has 7 nitrogen and oxygen atoms in total. The van der Waals surface area contributed by atoms with E-state index in [0.29, 0.717) is 10.9 Å². The third-order valence-electron chi connectivity index (χ3n) is 3.76. The molecular formula is C14H14N4O3. The van der Waals surface area contributed by atoms with Crippen LogP contribution in [0.1, 0.15) is 24.4 Å². The molecule has 1 aromatic carbocycles. The molecular weight excluding hydrogens is 272 g/mol. The second-order valence-electron chi connectivity index (χ2n) is 5.21. The smallest absolute Gasteiger partial charge is 0.278 e. The maximum atomic E-state index is 12.5. The van der Waals surface area contributed by atoms with Crippen molar-refractivity contribution in [1.29, 1.82) is 0 Å². The predicted octanol–water partition coefficient (Wildman–Crippen LogP) is 0.420. The van der Waals surface area contributed by atoms with Crippen molar-refractivity contribution in [3.8, 4) is 0 Å². The number of rotatable bonds is 1. The molecule has 0 saturated carbocycles. The van der Waals surface area contributed by atoms with Crippen molar-refractivity contribution in [3.05, 3.63) is 34.1 Å². The van der Waals surface area contributed by atoms with E-state index in [-0.39, 0.29) is 24.3 Å². The van der Waals surface area contributed by atoms with Gasteiger partial charge in [-0.05, 0) is 31.0 Å². The third-order valence-corrected chi connectivity index (χ3v) is 3.76. The number of carbonyl (C=O) groups is 2. The van der Waals surface area contributed by atoms with Gasteiger partial charge in [0.2, 0.25) is 5.91 Å². The zero-order chi connectivity index (χ0) is 15.1. The largest absolute Gasteiger partial charge is 0.284 e. The SMILES string of the molecule is Cc1ccc2c(=O)n(C3CCC(=O)N(C)C3=O)nnc2c1. The lowest BCUT2D eigenvalue weighted by Gasteiger charge is -2.27. The Morgan fingerprint density at radius 3 is 2.76 bits per heavy atom. The van der Waals surface area contributed by atoms with Crippen LogP contribution in [0.4, 0.5) is 0 Å². The van der Waals surface area contributed by atoms with E-state index in [9.17, 15) is 14.4 Å². The Labute approximate surface area is 120 Å². The fraction of sp³-hybridized carbons (Fsp3) is 0.357. The minimum absolute atomic E-state index is 0.215. The molecule has 0 spiro atoms. The Hall–Kier alpha value is -2.57. The Kier molecular flexibility index (Phi) is 3.04. The lowest BCUT2D eigenvalue weighted by molar-refractivity contribution is -0.149. The number of amides is 2. The Morgan fingerprint density at radius 1 is 1.24 bits per heavy atom. The van der Waals surface area contributed by atoms with Crippen LogP contribution in [-0.4, -0.2) is 38.8 Å². The Balaban J connectivity index is 2.11. The van der Waals surface area contributed by atoms with Crippen LogP contribution in [-0.2, 0) is 9.59 Å². The first-order valence-corrected chi connectivity index (χ1v) is 6.65. The number of aromatic nitrogens is 3. The molecule has 1 aliphatic heterocycles. The van der Waals surface area contributed by atoms with E-state index in [4.69, 9.17) is 0 Å². The standard InChI is InChI=1S/C14H14N4O3/c1-8-3-4-9-10(7-8)15-16-18(13(9)20)11-5-6-12(19)17(2)14(11)21/h3-4,7,11H,5-6H2,1-2H3. The molecule has 2 amide bonds. The van der Waals surface area contributed by atoms with Gasteiger partial charge in [0.05, 0.1) is 5.39 Å². The van der Waals surface area contributed by atoms with Crippen LogP contribution in [0.2, 0.25) is 0 Å². The zero-order valence-electron chi connectivity index (χ0n) is 11.7. The second-order valence-corrected chi connectivity index (χ2v) is 5.21. The maximum absolute atomic E-state index is 12.5. The molecule has 1 aromatic heterocycles. The summed E-state index contributed by atoms with van der Waals surface area (Å²) in [5, 5.41) is 8.31. The molecule has 2 heterocycles. The number of hydrogen-bond donors (Lipinski definition) is 0. The highest BCUT2D eigenvalue weighted by molar-refractivity contribution is 5.99. The zero-order valence-corrected chi connectivity index (χ0v) is 11.7. The summed E-state index contributed by atoms with van der Waals surface area (Å²) in [6, 6.07) is 4.50. The van der Waals surface area contributed by atoms with Crippen molar-refractivity contribution in [3.63, 3.8) is 0 Å². The van der Waals surface area contributed by atoms with Crippen LogP contribution in [0.15, 0.2) is 23.0 Å². The average Bonchev–Trinajstić information content (AvgIpc) is 2.46. The van der Waals surface area contributed by atoms with Crippen molar-refractivity contribution in [2.75, 3.05) is 7.05 Å². The topological polar surface area (TPSA) is 85.2 Å². The molecule has 0 radical (unpaired) electrons. The highest BCUT2D eigenvalue weighted by Crippen LogP contribution is 2.21. The van der Waals surface area contributed by atoms with Crippen molar-refractivity contribution >= 4 is 22.7 Å². The van der Waals surface area contributed by atoms with E-state index < -0.39 is 11.9 Å². The van der Waals surface area contributed by atoms with Crippen molar-refractivity contribution < 1.29 is 9.59 Å². The van der Waals surface area contributed by atoms with E-state index in [1.165, 1.54) is 7.05 Å². The van der Waals surface area contributed by atoms with E-state index in [1.807, 2.05) is 13.0 Å². The van der Waals surface area contributed by atoms with E-state index in [2.05, 4.69) is 10.3 Å². The molecule has 7 heteroatoms. The lowest BCUT2D eigenvalue weighted by Crippen LogP contribution is -2.46. The molecule has 108 valence electrons. The Morgan fingerprint density at radius 2 is 2.00 bits per heavy atom. The van der Waals surface area contributed by atoms with E-state index in [1.54, 1.807) is 12.1 Å². The molecule has 1 saturated heterocycles. The van der Waals surface area contributed by atoms with Gasteiger partial charge in [-0.3, -0.25) is 19.3 Å². The molecule has 0 bridgehead atoms. The molecule has 1 unspecified atom stereocenters. The van der Waals surface area contributed by atoms with Gasteiger partial charge in [-0.15, -0.1) is 5.10 Å². The van der Waals surface area contributed by atoms with Crippen LogP contribution in [0, 0.1) is 6.92 Å². The summed E-state index contributed by atoms with van der Waals surface area (Å²) in [6.45, 7) is 1.90. The van der Waals surface area contributed by atoms with E-state index in [0.717, 1.165) is 15.1 Å². The van der Waals surface area contributed by atoms with E-state index >= 15 is 0 Å². The summed E-state index contributed by atoms with van der Waals surface area (Å²) in [7, 11) is 1.42. The van der Waals surface area contributed by atoms with Gasteiger partial charge >= 0.3 is 0 Å². The quantitative estimate of drug-likeness (QED) is 0.709. The van der Waals surface area contributed by atoms with Gasteiger partial charge in [0.25, 0.3) is 11.5 Å². The molecule has 2 aromatic rings. The van der Waals surface area contributed by atoms with Crippen LogP contribution >= 0.6 is 0 Å². The number of nitrogens with zero attached hydrogens (tertiary/aromatic N) is 4. The van der Waals surface area contributed by atoms with Gasteiger partial charge < -0.3 is 0 Å². The van der Waals surface area contributed by atoms with Gasteiger partial charge in [0, 0.05) is 13.5 Å². The lowest BCUT2D eigenvalue weighted by atomic mass is 10.0. The molecule has 1 atom stereocenters. The first-order chi connectivity index (χ1) is 9.99. The minimum atomic E-state index is -0.765. The maximum Gasteiger partial charge on any atom is 0.278 e. The van der Waals surface area contributed by atoms with Crippen LogP contribution in [0.25, 0.3) is 10.9 Å². The molecule has 21 heavy (non-hydrogen) atoms. The summed E-state index contributed by atoms with van der Waals surface area (Å²) in [6.07, 6.45) is 0.487.